The minimum Gasteiger partial charge on any atom is -0.478 e. The molecular formula is C12H14N2O2S. The van der Waals surface area contributed by atoms with E-state index in [1.807, 2.05) is 24.4 Å². The van der Waals surface area contributed by atoms with Crippen LogP contribution < -0.4 is 0 Å². The number of hydrogen-bond acceptors (Lipinski definition) is 3. The Labute approximate surface area is 104 Å². The summed E-state index contributed by atoms with van der Waals surface area (Å²) in [5.74, 6) is -0.928. The summed E-state index contributed by atoms with van der Waals surface area (Å²) >= 11 is 1.50. The van der Waals surface area contributed by atoms with Crippen LogP contribution in [0.25, 0.3) is 10.6 Å². The zero-order valence-electron chi connectivity index (χ0n) is 9.75. The topological polar surface area (TPSA) is 55.1 Å². The van der Waals surface area contributed by atoms with Crippen LogP contribution in [0, 0.1) is 0 Å². The number of carboxylic acid groups (broad SMARTS) is 1. The lowest BCUT2D eigenvalue weighted by molar-refractivity contribution is 0.0697. The van der Waals surface area contributed by atoms with Crippen molar-refractivity contribution in [2.75, 3.05) is 0 Å². The summed E-state index contributed by atoms with van der Waals surface area (Å²) in [6, 6.07) is 4.00. The SMILES string of the molecule is CCC(C)n1cc(C(=O)O)c(-c2cccs2)n1. The molecule has 2 rings (SSSR count). The molecule has 0 spiro atoms. The van der Waals surface area contributed by atoms with Crippen molar-refractivity contribution >= 4 is 17.3 Å². The van der Waals surface area contributed by atoms with Gasteiger partial charge in [-0.1, -0.05) is 13.0 Å². The number of rotatable bonds is 4. The van der Waals surface area contributed by atoms with E-state index in [0.29, 0.717) is 5.69 Å². The molecule has 0 bridgehead atoms. The minimum atomic E-state index is -0.928. The van der Waals surface area contributed by atoms with E-state index in [1.54, 1.807) is 10.9 Å². The highest BCUT2D eigenvalue weighted by molar-refractivity contribution is 7.13. The summed E-state index contributed by atoms with van der Waals surface area (Å²) in [5.41, 5.74) is 0.834. The van der Waals surface area contributed by atoms with Gasteiger partial charge < -0.3 is 5.11 Å². The molecule has 0 amide bonds. The van der Waals surface area contributed by atoms with E-state index in [9.17, 15) is 9.90 Å². The summed E-state index contributed by atoms with van der Waals surface area (Å²) in [6.45, 7) is 4.08. The number of carboxylic acids is 1. The molecule has 1 N–H and O–H groups in total. The molecule has 5 heteroatoms. The highest BCUT2D eigenvalue weighted by Crippen LogP contribution is 2.27. The number of carbonyl (C=O) groups is 1. The molecule has 0 radical (unpaired) electrons. The smallest absolute Gasteiger partial charge is 0.339 e. The molecular weight excluding hydrogens is 236 g/mol. The number of aromatic nitrogens is 2. The van der Waals surface area contributed by atoms with Gasteiger partial charge in [0.05, 0.1) is 4.88 Å². The van der Waals surface area contributed by atoms with Gasteiger partial charge in [0.2, 0.25) is 0 Å². The molecule has 0 saturated heterocycles. The maximum atomic E-state index is 11.2. The zero-order chi connectivity index (χ0) is 12.4. The van der Waals surface area contributed by atoms with Gasteiger partial charge in [-0.25, -0.2) is 4.79 Å². The molecule has 0 aliphatic rings. The van der Waals surface area contributed by atoms with Crippen molar-refractivity contribution in [2.24, 2.45) is 0 Å². The van der Waals surface area contributed by atoms with Crippen LogP contribution >= 0.6 is 11.3 Å². The van der Waals surface area contributed by atoms with Gasteiger partial charge in [-0.2, -0.15) is 5.10 Å². The maximum Gasteiger partial charge on any atom is 0.339 e. The monoisotopic (exact) mass is 250 g/mol. The van der Waals surface area contributed by atoms with Crippen molar-refractivity contribution < 1.29 is 9.90 Å². The first-order valence-electron chi connectivity index (χ1n) is 5.49. The highest BCUT2D eigenvalue weighted by Gasteiger charge is 2.19. The van der Waals surface area contributed by atoms with Crippen molar-refractivity contribution in [3.63, 3.8) is 0 Å². The Hall–Kier alpha value is -1.62. The highest BCUT2D eigenvalue weighted by atomic mass is 32.1. The fourth-order valence-corrected chi connectivity index (χ4v) is 2.28. The predicted molar refractivity (Wildman–Crippen MR) is 67.5 cm³/mol. The molecule has 4 nitrogen and oxygen atoms in total. The van der Waals surface area contributed by atoms with E-state index in [0.717, 1.165) is 11.3 Å². The lowest BCUT2D eigenvalue weighted by atomic mass is 10.2. The first-order valence-corrected chi connectivity index (χ1v) is 6.37. The van der Waals surface area contributed by atoms with Gasteiger partial charge in [0.15, 0.2) is 0 Å². The number of aromatic carboxylic acids is 1. The second-order valence-corrected chi connectivity index (χ2v) is 4.86. The molecule has 2 aromatic rings. The fourth-order valence-electron chi connectivity index (χ4n) is 1.56. The van der Waals surface area contributed by atoms with Crippen LogP contribution in [0.1, 0.15) is 36.7 Å². The van der Waals surface area contributed by atoms with Crippen LogP contribution in [0.3, 0.4) is 0 Å². The summed E-state index contributed by atoms with van der Waals surface area (Å²) < 4.78 is 1.73. The molecule has 2 aromatic heterocycles. The fraction of sp³-hybridized carbons (Fsp3) is 0.333. The number of hydrogen-bond donors (Lipinski definition) is 1. The predicted octanol–water partition coefficient (Wildman–Crippen LogP) is 3.28. The lowest BCUT2D eigenvalue weighted by Crippen LogP contribution is -2.04. The van der Waals surface area contributed by atoms with E-state index >= 15 is 0 Å². The lowest BCUT2D eigenvalue weighted by Gasteiger charge is -2.07. The van der Waals surface area contributed by atoms with Gasteiger partial charge in [-0.05, 0) is 24.8 Å². The van der Waals surface area contributed by atoms with Crippen LogP contribution in [0.5, 0.6) is 0 Å². The average molecular weight is 250 g/mol. The van der Waals surface area contributed by atoms with E-state index in [1.165, 1.54) is 11.3 Å². The van der Waals surface area contributed by atoms with E-state index < -0.39 is 5.97 Å². The Balaban J connectivity index is 2.50. The molecule has 0 aliphatic carbocycles. The number of nitrogens with zero attached hydrogens (tertiary/aromatic N) is 2. The van der Waals surface area contributed by atoms with E-state index in [4.69, 9.17) is 0 Å². The summed E-state index contributed by atoms with van der Waals surface area (Å²) in [7, 11) is 0. The first kappa shape index (κ1) is 11.9. The Kier molecular flexibility index (Phi) is 3.28. The van der Waals surface area contributed by atoms with Gasteiger partial charge >= 0.3 is 5.97 Å². The Morgan fingerprint density at radius 3 is 2.94 bits per heavy atom. The van der Waals surface area contributed by atoms with Gasteiger partial charge in [0.25, 0.3) is 0 Å². The maximum absolute atomic E-state index is 11.2. The average Bonchev–Trinajstić information content (AvgIpc) is 2.95. The normalized spacial score (nSPS) is 12.6. The van der Waals surface area contributed by atoms with Crippen LogP contribution in [-0.2, 0) is 0 Å². The minimum absolute atomic E-state index is 0.210. The molecule has 1 unspecified atom stereocenters. The third-order valence-electron chi connectivity index (χ3n) is 2.76. The standard InChI is InChI=1S/C12H14N2O2S/c1-3-8(2)14-7-9(12(15)16)11(13-14)10-5-4-6-17-10/h4-8H,3H2,1-2H3,(H,15,16). The third-order valence-corrected chi connectivity index (χ3v) is 3.64. The Morgan fingerprint density at radius 1 is 1.65 bits per heavy atom. The van der Waals surface area contributed by atoms with Crippen molar-refractivity contribution in [1.82, 2.24) is 9.78 Å². The Bertz CT molecular complexity index is 517. The van der Waals surface area contributed by atoms with Crippen molar-refractivity contribution in [3.05, 3.63) is 29.3 Å². The molecule has 90 valence electrons. The molecule has 2 heterocycles. The van der Waals surface area contributed by atoms with Crippen molar-refractivity contribution in [3.8, 4) is 10.6 Å². The van der Waals surface area contributed by atoms with Crippen LogP contribution in [0.4, 0.5) is 0 Å². The molecule has 1 atom stereocenters. The van der Waals surface area contributed by atoms with Crippen molar-refractivity contribution in [1.29, 1.82) is 0 Å². The largest absolute Gasteiger partial charge is 0.478 e. The van der Waals surface area contributed by atoms with E-state index in [-0.39, 0.29) is 11.6 Å². The summed E-state index contributed by atoms with van der Waals surface area (Å²) in [6.07, 6.45) is 2.54. The quantitative estimate of drug-likeness (QED) is 0.906. The molecule has 0 saturated carbocycles. The van der Waals surface area contributed by atoms with E-state index in [2.05, 4.69) is 12.0 Å². The van der Waals surface area contributed by atoms with Gasteiger partial charge in [-0.15, -0.1) is 11.3 Å². The zero-order valence-corrected chi connectivity index (χ0v) is 10.6. The van der Waals surface area contributed by atoms with Gasteiger partial charge in [0.1, 0.15) is 11.3 Å². The Morgan fingerprint density at radius 2 is 2.41 bits per heavy atom. The molecule has 0 aliphatic heterocycles. The summed E-state index contributed by atoms with van der Waals surface area (Å²) in [4.78, 5) is 12.1. The third kappa shape index (κ3) is 2.24. The van der Waals surface area contributed by atoms with Crippen LogP contribution in [0.2, 0.25) is 0 Å². The van der Waals surface area contributed by atoms with Gasteiger partial charge in [0, 0.05) is 12.2 Å². The first-order chi connectivity index (χ1) is 8.13. The second-order valence-electron chi connectivity index (χ2n) is 3.91. The number of thiophene rings is 1. The van der Waals surface area contributed by atoms with Gasteiger partial charge in [-0.3, -0.25) is 4.68 Å². The summed E-state index contributed by atoms with van der Waals surface area (Å²) in [5, 5.41) is 15.5. The molecule has 17 heavy (non-hydrogen) atoms. The van der Waals surface area contributed by atoms with Crippen LogP contribution in [0.15, 0.2) is 23.7 Å². The molecule has 0 aromatic carbocycles. The van der Waals surface area contributed by atoms with Crippen LogP contribution in [-0.4, -0.2) is 20.9 Å². The van der Waals surface area contributed by atoms with Crippen molar-refractivity contribution in [2.45, 2.75) is 26.3 Å². The molecule has 0 fully saturated rings. The second kappa shape index (κ2) is 4.71.